The van der Waals surface area contributed by atoms with Crippen LogP contribution in [0.15, 0.2) is 182 Å². The summed E-state index contributed by atoms with van der Waals surface area (Å²) in [4.78, 5) is 0. The number of rotatable bonds is 3. The van der Waals surface area contributed by atoms with Crippen molar-refractivity contribution < 1.29 is 14.2 Å². The van der Waals surface area contributed by atoms with Crippen LogP contribution in [0.1, 0.15) is 0 Å². The minimum absolute atomic E-state index is 0.159. The van der Waals surface area contributed by atoms with Crippen LogP contribution in [0.5, 0.6) is 6.01 Å². The first-order chi connectivity index (χ1) is 30.0. The van der Waals surface area contributed by atoms with Crippen LogP contribution in [0.3, 0.4) is 0 Å². The molecule has 61 heavy (non-hydrogen) atoms. The summed E-state index contributed by atoms with van der Waals surface area (Å²) in [7, 11) is 3.99. The first-order valence-electron chi connectivity index (χ1n) is 20.7. The standard InChI is InChI=1S/C56H38N4O/c1-57-35-59(52-31-13-11-29-50(52)57)54-33-48-42(38-19-5-3-17-36(38)40-21-7-9-23-46(40)54)25-15-27-44(48)45-28-16-26-43-39-20-6-4-18-37(39)41-22-8-10-24-47(41)55(34-49(43)45)60-53-32-14-12-30-51(53)58(2)56(60)61/h3-34H,1-2H3/p+1/b40-36-,41-37-,42-38-,43-39-,48-33+,49-34+,54-33?,54-46+,55-34?,55-47+. The molecule has 0 bridgehead atoms. The van der Waals surface area contributed by atoms with Crippen LogP contribution in [0.4, 0.5) is 0 Å². The fourth-order valence-electron chi connectivity index (χ4n) is 9.89. The minimum Gasteiger partial charge on any atom is -0.446 e. The van der Waals surface area contributed by atoms with Gasteiger partial charge in [-0.1, -0.05) is 170 Å². The Balaban J connectivity index is 1.32. The van der Waals surface area contributed by atoms with Crippen molar-refractivity contribution in [1.29, 1.82) is 0 Å². The predicted octanol–water partition coefficient (Wildman–Crippen LogP) is 6.47. The Morgan fingerprint density at radius 1 is 0.393 bits per heavy atom. The molecule has 2 aliphatic carbocycles. The van der Waals surface area contributed by atoms with E-state index in [1.807, 2.05) is 28.3 Å². The smallest absolute Gasteiger partial charge is 0.446 e. The highest BCUT2D eigenvalue weighted by Gasteiger charge is 2.25. The molecule has 288 valence electrons. The topological polar surface area (TPSA) is 37.9 Å². The van der Waals surface area contributed by atoms with Gasteiger partial charge in [-0.3, -0.25) is 0 Å². The number of aromatic nitrogens is 4. The number of aryl methyl sites for hydroxylation is 2. The van der Waals surface area contributed by atoms with Crippen LogP contribution in [-0.4, -0.2) is 14.2 Å². The molecule has 0 unspecified atom stereocenters. The van der Waals surface area contributed by atoms with Gasteiger partial charge in [0.05, 0.1) is 30.8 Å². The summed E-state index contributed by atoms with van der Waals surface area (Å²) in [6.07, 6.45) is 8.36. The normalized spacial score (nSPS) is 17.9. The molecule has 2 aromatic heterocycles. The molecule has 12 rings (SSSR count). The van der Waals surface area contributed by atoms with E-state index < -0.39 is 0 Å². The molecular weight excluding hydrogens is 745 g/mol. The maximum atomic E-state index is 12.1. The van der Waals surface area contributed by atoms with Crippen LogP contribution >= 0.6 is 0 Å². The summed E-state index contributed by atoms with van der Waals surface area (Å²) in [5, 5.41) is 25.6. The molecule has 0 spiro atoms. The molecule has 0 aliphatic heterocycles. The lowest BCUT2D eigenvalue weighted by Crippen LogP contribution is -2.38. The quantitative estimate of drug-likeness (QED) is 0.162. The highest BCUT2D eigenvalue weighted by molar-refractivity contribution is 5.83. The van der Waals surface area contributed by atoms with E-state index in [0.29, 0.717) is 0 Å². The number of para-hydroxylation sites is 4. The summed E-state index contributed by atoms with van der Waals surface area (Å²) in [5.74, 6) is 0. The number of hydrogen-bond donors (Lipinski definition) is 1. The van der Waals surface area contributed by atoms with Gasteiger partial charge in [0, 0.05) is 5.22 Å². The summed E-state index contributed by atoms with van der Waals surface area (Å²) in [5.41, 5.74) is 8.19. The largest absolute Gasteiger partial charge is 0.459 e. The van der Waals surface area contributed by atoms with Crippen molar-refractivity contribution >= 4 is 45.6 Å². The van der Waals surface area contributed by atoms with E-state index in [4.69, 9.17) is 0 Å². The van der Waals surface area contributed by atoms with Crippen LogP contribution in [0.2, 0.25) is 0 Å². The van der Waals surface area contributed by atoms with Gasteiger partial charge < -0.3 is 14.2 Å². The Labute approximate surface area is 349 Å². The number of aromatic hydroxyl groups is 1. The van der Waals surface area contributed by atoms with Crippen molar-refractivity contribution in [3.05, 3.63) is 251 Å². The lowest BCUT2D eigenvalue weighted by molar-refractivity contribution is -0.559. The first kappa shape index (κ1) is 35.0. The summed E-state index contributed by atoms with van der Waals surface area (Å²) in [6, 6.07) is 65.1. The molecule has 2 heterocycles. The molecule has 5 heteroatoms. The fourth-order valence-corrected chi connectivity index (χ4v) is 9.89. The number of hydrogen-bond acceptors (Lipinski definition) is 1. The molecular formula is C56H39N4O+. The summed E-state index contributed by atoms with van der Waals surface area (Å²) < 4.78 is 8.18. The van der Waals surface area contributed by atoms with E-state index in [9.17, 15) is 5.11 Å². The lowest BCUT2D eigenvalue weighted by atomic mass is 9.94. The summed E-state index contributed by atoms with van der Waals surface area (Å²) >= 11 is 0. The summed E-state index contributed by atoms with van der Waals surface area (Å²) in [6.45, 7) is 0. The van der Waals surface area contributed by atoms with Crippen molar-refractivity contribution in [2.24, 2.45) is 14.1 Å². The van der Waals surface area contributed by atoms with Gasteiger partial charge in [-0.15, -0.1) is 0 Å². The average molecular weight is 784 g/mol. The molecule has 2 aliphatic rings. The monoisotopic (exact) mass is 783 g/mol. The predicted molar refractivity (Wildman–Crippen MR) is 240 cm³/mol. The number of imidazole rings is 2. The van der Waals surface area contributed by atoms with E-state index in [1.54, 1.807) is 0 Å². The lowest BCUT2D eigenvalue weighted by Gasteiger charge is -2.13. The highest BCUT2D eigenvalue weighted by Crippen LogP contribution is 2.21. The van der Waals surface area contributed by atoms with Crippen LogP contribution in [-0.2, 0) is 14.1 Å². The van der Waals surface area contributed by atoms with Crippen molar-refractivity contribution in [2.75, 3.05) is 0 Å². The Hall–Kier alpha value is -8.02. The zero-order valence-corrected chi connectivity index (χ0v) is 33.7. The maximum Gasteiger partial charge on any atom is 0.459 e. The third-order valence-corrected chi connectivity index (χ3v) is 12.7. The molecule has 0 saturated heterocycles. The molecule has 0 atom stereocenters. The number of benzene rings is 8. The number of nitrogens with zero attached hydrogens (tertiary/aromatic N) is 4. The van der Waals surface area contributed by atoms with Crippen LogP contribution < -0.4 is 30.0 Å². The number of fused-ring (bicyclic) bond motifs is 8. The Bertz CT molecular complexity index is 4220. The Morgan fingerprint density at radius 2 is 0.787 bits per heavy atom. The van der Waals surface area contributed by atoms with Gasteiger partial charge in [-0.25, -0.2) is 0 Å². The van der Waals surface area contributed by atoms with Crippen molar-refractivity contribution in [3.8, 4) is 17.1 Å². The molecule has 8 aromatic carbocycles. The van der Waals surface area contributed by atoms with Gasteiger partial charge in [-0.05, 0) is 92.8 Å². The van der Waals surface area contributed by atoms with E-state index in [1.165, 1.54) is 15.7 Å². The van der Waals surface area contributed by atoms with Gasteiger partial charge >= 0.3 is 6.01 Å². The van der Waals surface area contributed by atoms with Crippen molar-refractivity contribution in [3.63, 3.8) is 0 Å². The van der Waals surface area contributed by atoms with Gasteiger partial charge in [0.25, 0.3) is 0 Å². The zero-order chi connectivity index (χ0) is 40.8. The Morgan fingerprint density at radius 3 is 1.34 bits per heavy atom. The molecule has 5 nitrogen and oxygen atoms in total. The van der Waals surface area contributed by atoms with E-state index in [0.717, 1.165) is 91.6 Å². The fraction of sp³-hybridized carbons (Fsp3) is 0.0357. The average Bonchev–Trinajstić information content (AvgIpc) is 3.77. The van der Waals surface area contributed by atoms with E-state index >= 15 is 0 Å². The van der Waals surface area contributed by atoms with E-state index in [2.05, 4.69) is 205 Å². The molecule has 0 saturated carbocycles. The molecule has 0 amide bonds. The molecule has 0 fully saturated rings. The third-order valence-electron chi connectivity index (χ3n) is 12.7. The van der Waals surface area contributed by atoms with Gasteiger partial charge in [0.15, 0.2) is 11.0 Å². The zero-order valence-electron chi connectivity index (χ0n) is 33.7. The first-order valence-corrected chi connectivity index (χ1v) is 20.7. The van der Waals surface area contributed by atoms with Crippen LogP contribution in [0, 0.1) is 48.1 Å². The minimum atomic E-state index is 0.159. The molecule has 0 radical (unpaired) electrons. The second-order valence-electron chi connectivity index (χ2n) is 15.9. The second kappa shape index (κ2) is 13.5. The molecule has 10 aromatic rings. The molecule has 1 N–H and O–H groups in total. The Kier molecular flexibility index (Phi) is 7.75. The van der Waals surface area contributed by atoms with Gasteiger partial charge in [-0.2, -0.15) is 9.13 Å². The van der Waals surface area contributed by atoms with Gasteiger partial charge in [0.2, 0.25) is 6.33 Å². The second-order valence-corrected chi connectivity index (χ2v) is 15.9. The SMILES string of the molecule is Cn1[c-][n+](C2=c3\cccc\c3=c3/cccc/c3=c3\cccc(-c4cccc5/c4=C\C([n+]4c(O)n(C)c6ccccc64)=c4\cccc\c4=c4/cccc/c4=5)\c3=C\2)c2ccccc21. The third kappa shape index (κ3) is 5.20. The maximum absolute atomic E-state index is 12.1. The van der Waals surface area contributed by atoms with Gasteiger partial charge in [0.1, 0.15) is 5.70 Å². The van der Waals surface area contributed by atoms with Crippen molar-refractivity contribution in [2.45, 2.75) is 0 Å². The van der Waals surface area contributed by atoms with E-state index in [-0.39, 0.29) is 6.01 Å². The van der Waals surface area contributed by atoms with Crippen LogP contribution in [0.25, 0.3) is 56.7 Å². The van der Waals surface area contributed by atoms with Crippen molar-refractivity contribution in [1.82, 2.24) is 9.13 Å². The highest BCUT2D eigenvalue weighted by atomic mass is 16.3.